The van der Waals surface area contributed by atoms with E-state index in [1.165, 1.54) is 12.8 Å². The topological polar surface area (TPSA) is 55.8 Å². The number of carboxylic acid groups (broad SMARTS) is 1. The molecule has 0 aromatic heterocycles. The predicted molar refractivity (Wildman–Crippen MR) is 75.6 cm³/mol. The number of rotatable bonds is 4. The first-order valence-corrected chi connectivity index (χ1v) is 6.97. The average molecular weight is 362 g/mol. The van der Waals surface area contributed by atoms with Gasteiger partial charge in [0, 0.05) is 0 Å². The van der Waals surface area contributed by atoms with Crippen molar-refractivity contribution in [3.8, 4) is 11.5 Å². The van der Waals surface area contributed by atoms with Gasteiger partial charge in [0.2, 0.25) is 0 Å². The zero-order valence-electron chi connectivity index (χ0n) is 10.1. The fourth-order valence-corrected chi connectivity index (χ4v) is 2.95. The quantitative estimate of drug-likeness (QED) is 0.835. The highest BCUT2D eigenvalue weighted by atomic mass is 127. The fraction of sp³-hybridized carbons (Fsp3) is 0.462. The number of hydrogen-bond acceptors (Lipinski definition) is 3. The number of carbonyl (C=O) groups is 1. The standard InChI is InChI=1S/C13H15IO4/c1-17-10-7-6-9(13(15)16)11(14)12(10)18-8-4-2-3-5-8/h6-8H,2-5H2,1H3,(H,15,16). The molecule has 0 atom stereocenters. The van der Waals surface area contributed by atoms with E-state index < -0.39 is 5.97 Å². The zero-order valence-corrected chi connectivity index (χ0v) is 12.3. The third-order valence-electron chi connectivity index (χ3n) is 3.10. The van der Waals surface area contributed by atoms with Crippen molar-refractivity contribution in [2.24, 2.45) is 0 Å². The minimum atomic E-state index is -0.946. The van der Waals surface area contributed by atoms with E-state index in [0.29, 0.717) is 15.1 Å². The van der Waals surface area contributed by atoms with Gasteiger partial charge in [-0.2, -0.15) is 0 Å². The highest BCUT2D eigenvalue weighted by Crippen LogP contribution is 2.37. The van der Waals surface area contributed by atoms with Crippen LogP contribution in [0.4, 0.5) is 0 Å². The first-order valence-electron chi connectivity index (χ1n) is 5.90. The summed E-state index contributed by atoms with van der Waals surface area (Å²) in [5.41, 5.74) is 0.254. The Hall–Kier alpha value is -0.980. The summed E-state index contributed by atoms with van der Waals surface area (Å²) in [6, 6.07) is 3.19. The lowest BCUT2D eigenvalue weighted by atomic mass is 10.2. The summed E-state index contributed by atoms with van der Waals surface area (Å²) in [6.07, 6.45) is 4.56. The Morgan fingerprint density at radius 3 is 2.61 bits per heavy atom. The lowest BCUT2D eigenvalue weighted by Crippen LogP contribution is -2.14. The normalized spacial score (nSPS) is 15.7. The van der Waals surface area contributed by atoms with Gasteiger partial charge in [0.1, 0.15) is 0 Å². The molecule has 2 rings (SSSR count). The van der Waals surface area contributed by atoms with Crippen LogP contribution in [0.3, 0.4) is 0 Å². The van der Waals surface area contributed by atoms with E-state index in [1.807, 2.05) is 22.6 Å². The summed E-state index contributed by atoms with van der Waals surface area (Å²) in [6.45, 7) is 0. The van der Waals surface area contributed by atoms with Crippen LogP contribution in [0.25, 0.3) is 0 Å². The summed E-state index contributed by atoms with van der Waals surface area (Å²) in [4.78, 5) is 11.1. The van der Waals surface area contributed by atoms with Crippen LogP contribution in [-0.2, 0) is 0 Å². The first-order chi connectivity index (χ1) is 8.63. The van der Waals surface area contributed by atoms with E-state index in [0.717, 1.165) is 12.8 Å². The molecule has 0 saturated heterocycles. The molecule has 0 radical (unpaired) electrons. The van der Waals surface area contributed by atoms with Crippen LogP contribution in [-0.4, -0.2) is 24.3 Å². The minimum absolute atomic E-state index is 0.177. The van der Waals surface area contributed by atoms with Crippen LogP contribution in [0.5, 0.6) is 11.5 Å². The molecular formula is C13H15IO4. The molecule has 1 N–H and O–H groups in total. The Morgan fingerprint density at radius 2 is 2.06 bits per heavy atom. The van der Waals surface area contributed by atoms with Crippen molar-refractivity contribution in [3.63, 3.8) is 0 Å². The molecule has 0 heterocycles. The van der Waals surface area contributed by atoms with Gasteiger partial charge in [0.25, 0.3) is 0 Å². The fourth-order valence-electron chi connectivity index (χ4n) is 2.15. The molecule has 1 aromatic carbocycles. The van der Waals surface area contributed by atoms with Crippen molar-refractivity contribution in [2.45, 2.75) is 31.8 Å². The summed E-state index contributed by atoms with van der Waals surface area (Å²) in [7, 11) is 1.56. The molecule has 1 fully saturated rings. The summed E-state index contributed by atoms with van der Waals surface area (Å²) >= 11 is 2.01. The molecule has 0 spiro atoms. The Kier molecular flexibility index (Phi) is 4.31. The second-order valence-corrected chi connectivity index (χ2v) is 5.37. The number of aromatic carboxylic acids is 1. The molecule has 4 nitrogen and oxygen atoms in total. The lowest BCUT2D eigenvalue weighted by molar-refractivity contribution is 0.0694. The van der Waals surface area contributed by atoms with Gasteiger partial charge in [0.15, 0.2) is 11.5 Å². The van der Waals surface area contributed by atoms with Gasteiger partial charge in [-0.25, -0.2) is 4.79 Å². The van der Waals surface area contributed by atoms with Crippen LogP contribution in [0, 0.1) is 3.57 Å². The van der Waals surface area contributed by atoms with Gasteiger partial charge in [-0.3, -0.25) is 0 Å². The SMILES string of the molecule is COc1ccc(C(=O)O)c(I)c1OC1CCCC1. The van der Waals surface area contributed by atoms with Crippen LogP contribution in [0.1, 0.15) is 36.0 Å². The van der Waals surface area contributed by atoms with Crippen LogP contribution in [0.2, 0.25) is 0 Å². The predicted octanol–water partition coefficient (Wildman–Crippen LogP) is 3.32. The summed E-state index contributed by atoms with van der Waals surface area (Å²) < 4.78 is 11.8. The molecule has 5 heteroatoms. The lowest BCUT2D eigenvalue weighted by Gasteiger charge is -2.18. The number of carboxylic acids is 1. The second-order valence-electron chi connectivity index (χ2n) is 4.29. The molecule has 1 saturated carbocycles. The summed E-state index contributed by atoms with van der Waals surface area (Å²) in [5, 5.41) is 9.11. The van der Waals surface area contributed by atoms with Crippen molar-refractivity contribution in [1.29, 1.82) is 0 Å². The van der Waals surface area contributed by atoms with E-state index in [9.17, 15) is 4.79 Å². The first kappa shape index (κ1) is 13.5. The molecule has 0 amide bonds. The number of ether oxygens (including phenoxy) is 2. The van der Waals surface area contributed by atoms with E-state index in [-0.39, 0.29) is 11.7 Å². The smallest absolute Gasteiger partial charge is 0.336 e. The molecular weight excluding hydrogens is 347 g/mol. The van der Waals surface area contributed by atoms with Crippen molar-refractivity contribution < 1.29 is 19.4 Å². The maximum absolute atomic E-state index is 11.1. The average Bonchev–Trinajstić information content (AvgIpc) is 2.84. The minimum Gasteiger partial charge on any atom is -0.493 e. The number of methoxy groups -OCH3 is 1. The number of benzene rings is 1. The van der Waals surface area contributed by atoms with Gasteiger partial charge < -0.3 is 14.6 Å². The Morgan fingerprint density at radius 1 is 1.39 bits per heavy atom. The van der Waals surface area contributed by atoms with E-state index >= 15 is 0 Å². The van der Waals surface area contributed by atoms with Crippen molar-refractivity contribution >= 4 is 28.6 Å². The highest BCUT2D eigenvalue weighted by Gasteiger charge is 2.23. The number of halogens is 1. The molecule has 0 bridgehead atoms. The van der Waals surface area contributed by atoms with Crippen molar-refractivity contribution in [2.75, 3.05) is 7.11 Å². The Balaban J connectivity index is 2.34. The van der Waals surface area contributed by atoms with Crippen molar-refractivity contribution in [3.05, 3.63) is 21.3 Å². The largest absolute Gasteiger partial charge is 0.493 e. The van der Waals surface area contributed by atoms with Gasteiger partial charge in [-0.1, -0.05) is 0 Å². The maximum Gasteiger partial charge on any atom is 0.336 e. The third-order valence-corrected chi connectivity index (χ3v) is 4.17. The number of hydrogen-bond donors (Lipinski definition) is 1. The highest BCUT2D eigenvalue weighted by molar-refractivity contribution is 14.1. The van der Waals surface area contributed by atoms with E-state index in [4.69, 9.17) is 14.6 Å². The molecule has 1 aromatic rings. The monoisotopic (exact) mass is 362 g/mol. The Bertz CT molecular complexity index is 453. The van der Waals surface area contributed by atoms with Crippen LogP contribution in [0.15, 0.2) is 12.1 Å². The van der Waals surface area contributed by atoms with Gasteiger partial charge >= 0.3 is 5.97 Å². The van der Waals surface area contributed by atoms with Gasteiger partial charge in [-0.05, 0) is 60.4 Å². The molecule has 0 aliphatic heterocycles. The molecule has 1 aliphatic rings. The van der Waals surface area contributed by atoms with E-state index in [1.54, 1.807) is 19.2 Å². The molecule has 0 unspecified atom stereocenters. The maximum atomic E-state index is 11.1. The third kappa shape index (κ3) is 2.71. The summed E-state index contributed by atoms with van der Waals surface area (Å²) in [5.74, 6) is 0.208. The van der Waals surface area contributed by atoms with Crippen LogP contribution < -0.4 is 9.47 Å². The van der Waals surface area contributed by atoms with Gasteiger partial charge in [-0.15, -0.1) is 0 Å². The molecule has 98 valence electrons. The molecule has 1 aliphatic carbocycles. The van der Waals surface area contributed by atoms with Gasteiger partial charge in [0.05, 0.1) is 22.3 Å². The second kappa shape index (κ2) is 5.77. The van der Waals surface area contributed by atoms with E-state index in [2.05, 4.69) is 0 Å². The zero-order chi connectivity index (χ0) is 13.1. The Labute approximate surface area is 119 Å². The molecule has 18 heavy (non-hydrogen) atoms. The van der Waals surface area contributed by atoms with Crippen LogP contribution >= 0.6 is 22.6 Å². The van der Waals surface area contributed by atoms with Crippen molar-refractivity contribution in [1.82, 2.24) is 0 Å².